The van der Waals surface area contributed by atoms with E-state index in [1.54, 1.807) is 0 Å². The number of hydrogen-bond acceptors (Lipinski definition) is 0. The van der Waals surface area contributed by atoms with E-state index in [1.165, 1.54) is 0 Å². The molecular weight excluding hydrogens is 168 g/mol. The average Bonchev–Trinajstić information content (AvgIpc) is 2.03. The zero-order valence-electron chi connectivity index (χ0n) is 12.5. The maximum absolute atomic E-state index is 8.74. The van der Waals surface area contributed by atoms with Gasteiger partial charge in [0.2, 0.25) is 0 Å². The van der Waals surface area contributed by atoms with Crippen LogP contribution >= 0.6 is 0 Å². The highest BCUT2D eigenvalue weighted by Crippen LogP contribution is 2.52. The van der Waals surface area contributed by atoms with E-state index in [4.69, 9.17) is 1.37 Å². The first-order valence-electron chi connectivity index (χ1n) is 6.56. The maximum atomic E-state index is 8.74. The lowest BCUT2D eigenvalue weighted by Crippen LogP contribution is -2.42. The van der Waals surface area contributed by atoms with E-state index >= 15 is 0 Å². The maximum Gasteiger partial charge on any atom is 0.0308 e. The fourth-order valence-corrected chi connectivity index (χ4v) is 3.01. The standard InChI is InChI=1S/C14H30/c1-9-14(10-2,13(6,7)8)12(5)11(3)4/h11-12H,9-10H2,1-8H3/i12D. The van der Waals surface area contributed by atoms with Crippen molar-refractivity contribution < 1.29 is 1.37 Å². The molecule has 0 spiro atoms. The Morgan fingerprint density at radius 3 is 1.43 bits per heavy atom. The Hall–Kier alpha value is 0. The normalized spacial score (nSPS) is 19.4. The highest BCUT2D eigenvalue weighted by molar-refractivity contribution is 4.93. The summed E-state index contributed by atoms with van der Waals surface area (Å²) in [6, 6.07) is 0. The van der Waals surface area contributed by atoms with Crippen LogP contribution in [-0.4, -0.2) is 0 Å². The quantitative estimate of drug-likeness (QED) is 0.588. The monoisotopic (exact) mass is 199 g/mol. The summed E-state index contributed by atoms with van der Waals surface area (Å²) < 4.78 is 8.74. The Morgan fingerprint density at radius 1 is 1.00 bits per heavy atom. The van der Waals surface area contributed by atoms with Gasteiger partial charge in [-0.3, -0.25) is 0 Å². The number of rotatable bonds is 4. The predicted octanol–water partition coefficient (Wildman–Crippen LogP) is 5.13. The number of hydrogen-bond donors (Lipinski definition) is 0. The summed E-state index contributed by atoms with van der Waals surface area (Å²) in [5.41, 5.74) is 0.297. The molecule has 86 valence electrons. The summed E-state index contributed by atoms with van der Waals surface area (Å²) in [6.45, 7) is 17.8. The van der Waals surface area contributed by atoms with Crippen molar-refractivity contribution in [1.29, 1.82) is 0 Å². The van der Waals surface area contributed by atoms with Crippen LogP contribution in [-0.2, 0) is 0 Å². The van der Waals surface area contributed by atoms with E-state index in [-0.39, 0.29) is 16.7 Å². The first kappa shape index (κ1) is 12.1. The molecule has 0 aliphatic heterocycles. The molecule has 0 aliphatic rings. The van der Waals surface area contributed by atoms with Crippen molar-refractivity contribution in [3.8, 4) is 0 Å². The smallest absolute Gasteiger partial charge is 0.0308 e. The molecule has 0 radical (unpaired) electrons. The first-order valence-corrected chi connectivity index (χ1v) is 6.06. The van der Waals surface area contributed by atoms with Crippen molar-refractivity contribution in [2.45, 2.75) is 68.2 Å². The summed E-state index contributed by atoms with van der Waals surface area (Å²) in [7, 11) is 0. The molecule has 0 aromatic heterocycles. The summed E-state index contributed by atoms with van der Waals surface area (Å²) in [6.07, 6.45) is 2.18. The molecule has 0 aromatic carbocycles. The zero-order chi connectivity index (χ0) is 12.5. The second-order valence-electron chi connectivity index (χ2n) is 5.88. The third-order valence-corrected chi connectivity index (χ3v) is 4.26. The van der Waals surface area contributed by atoms with Gasteiger partial charge in [-0.05, 0) is 35.5 Å². The van der Waals surface area contributed by atoms with E-state index in [0.29, 0.717) is 5.92 Å². The summed E-state index contributed by atoms with van der Waals surface area (Å²) >= 11 is 0. The summed E-state index contributed by atoms with van der Waals surface area (Å²) in [5, 5.41) is 0. The Kier molecular flexibility index (Phi) is 4.04. The van der Waals surface area contributed by atoms with Crippen LogP contribution in [0.15, 0.2) is 0 Å². The van der Waals surface area contributed by atoms with Crippen molar-refractivity contribution in [1.82, 2.24) is 0 Å². The lowest BCUT2D eigenvalue weighted by Gasteiger charge is -2.50. The highest BCUT2D eigenvalue weighted by Gasteiger charge is 2.43. The van der Waals surface area contributed by atoms with Crippen LogP contribution in [0.4, 0.5) is 0 Å². The van der Waals surface area contributed by atoms with Crippen LogP contribution in [0.2, 0.25) is 0 Å². The molecule has 0 saturated carbocycles. The lowest BCUT2D eigenvalue weighted by molar-refractivity contribution is -0.00807. The molecule has 0 heterocycles. The molecule has 1 unspecified atom stereocenters. The highest BCUT2D eigenvalue weighted by atomic mass is 14.5. The molecule has 0 nitrogen and oxygen atoms in total. The minimum absolute atomic E-state index is 0.105. The first-order chi connectivity index (χ1) is 6.56. The SMILES string of the molecule is [2H]C(C)(C(C)C)C(CC)(CC)C(C)(C)C. The van der Waals surface area contributed by atoms with Crippen LogP contribution in [0.5, 0.6) is 0 Å². The van der Waals surface area contributed by atoms with Gasteiger partial charge in [0.25, 0.3) is 0 Å². The van der Waals surface area contributed by atoms with Crippen LogP contribution in [0, 0.1) is 22.6 Å². The molecule has 0 amide bonds. The average molecular weight is 199 g/mol. The van der Waals surface area contributed by atoms with Gasteiger partial charge in [-0.25, -0.2) is 0 Å². The minimum Gasteiger partial charge on any atom is -0.0648 e. The molecule has 1 atom stereocenters. The third kappa shape index (κ3) is 2.32. The van der Waals surface area contributed by atoms with Gasteiger partial charge in [0, 0.05) is 1.37 Å². The van der Waals surface area contributed by atoms with E-state index < -0.39 is 0 Å². The molecular formula is C14H30. The Morgan fingerprint density at radius 2 is 1.36 bits per heavy atom. The van der Waals surface area contributed by atoms with Crippen molar-refractivity contribution >= 4 is 0 Å². The Labute approximate surface area is 92.9 Å². The van der Waals surface area contributed by atoms with Gasteiger partial charge >= 0.3 is 0 Å². The van der Waals surface area contributed by atoms with E-state index in [9.17, 15) is 0 Å². The van der Waals surface area contributed by atoms with Crippen molar-refractivity contribution in [3.63, 3.8) is 0 Å². The van der Waals surface area contributed by atoms with Crippen LogP contribution in [0.25, 0.3) is 0 Å². The van der Waals surface area contributed by atoms with E-state index in [1.807, 2.05) is 0 Å². The van der Waals surface area contributed by atoms with E-state index in [0.717, 1.165) is 12.8 Å². The van der Waals surface area contributed by atoms with Gasteiger partial charge in [-0.2, -0.15) is 0 Å². The molecule has 14 heavy (non-hydrogen) atoms. The largest absolute Gasteiger partial charge is 0.0648 e. The summed E-state index contributed by atoms with van der Waals surface area (Å²) in [4.78, 5) is 0. The third-order valence-electron chi connectivity index (χ3n) is 4.26. The molecule has 0 bridgehead atoms. The van der Waals surface area contributed by atoms with E-state index in [2.05, 4.69) is 55.4 Å². The fourth-order valence-electron chi connectivity index (χ4n) is 3.01. The van der Waals surface area contributed by atoms with Crippen LogP contribution in [0.3, 0.4) is 0 Å². The van der Waals surface area contributed by atoms with Gasteiger partial charge < -0.3 is 0 Å². The van der Waals surface area contributed by atoms with Crippen molar-refractivity contribution in [2.24, 2.45) is 22.6 Å². The topological polar surface area (TPSA) is 0 Å². The molecule has 0 aromatic rings. The minimum atomic E-state index is -0.352. The second kappa shape index (κ2) is 4.68. The summed E-state index contributed by atoms with van der Waals surface area (Å²) in [5.74, 6) is 0.0472. The van der Waals surface area contributed by atoms with Gasteiger partial charge in [0.1, 0.15) is 0 Å². The molecule has 0 fully saturated rings. The zero-order valence-corrected chi connectivity index (χ0v) is 11.5. The Balaban J connectivity index is 5.48. The van der Waals surface area contributed by atoms with Gasteiger partial charge in [0.15, 0.2) is 0 Å². The van der Waals surface area contributed by atoms with Crippen LogP contribution in [0.1, 0.15) is 69.6 Å². The molecule has 0 saturated heterocycles. The Bertz CT molecular complexity index is 192. The van der Waals surface area contributed by atoms with Gasteiger partial charge in [0.05, 0.1) is 0 Å². The molecule has 0 heteroatoms. The molecule has 0 N–H and O–H groups in total. The van der Waals surface area contributed by atoms with Crippen LogP contribution < -0.4 is 0 Å². The molecule has 0 aliphatic carbocycles. The molecule has 0 rings (SSSR count). The van der Waals surface area contributed by atoms with Gasteiger partial charge in [-0.1, -0.05) is 55.4 Å². The van der Waals surface area contributed by atoms with Crippen molar-refractivity contribution in [3.05, 3.63) is 0 Å². The predicted molar refractivity (Wildman–Crippen MR) is 66.5 cm³/mol. The second-order valence-corrected chi connectivity index (χ2v) is 5.88. The lowest BCUT2D eigenvalue weighted by atomic mass is 9.55. The van der Waals surface area contributed by atoms with Gasteiger partial charge in [-0.15, -0.1) is 0 Å². The van der Waals surface area contributed by atoms with Crippen molar-refractivity contribution in [2.75, 3.05) is 0 Å². The fraction of sp³-hybridized carbons (Fsp3) is 1.00.